The summed E-state index contributed by atoms with van der Waals surface area (Å²) in [6.07, 6.45) is 0. The third-order valence-corrected chi connectivity index (χ3v) is 22.4. The van der Waals surface area contributed by atoms with Crippen LogP contribution in [0.4, 0.5) is 68.2 Å². The van der Waals surface area contributed by atoms with E-state index in [1.807, 2.05) is 0 Å². The molecular weight excluding hydrogens is 1330 g/mol. The zero-order valence-electron chi connectivity index (χ0n) is 60.2. The summed E-state index contributed by atoms with van der Waals surface area (Å²) in [5.74, 6) is 0. The first kappa shape index (κ1) is 63.9. The molecule has 0 amide bonds. The molecule has 0 bridgehead atoms. The summed E-state index contributed by atoms with van der Waals surface area (Å²) < 4.78 is 0. The van der Waals surface area contributed by atoms with Gasteiger partial charge in [-0.05, 0) is 276 Å². The Bertz CT molecular complexity index is 6660. The van der Waals surface area contributed by atoms with Gasteiger partial charge >= 0.3 is 0 Å². The number of fused-ring (bicyclic) bond motifs is 10. The molecule has 110 heavy (non-hydrogen) atoms. The molecule has 4 heteroatoms. The first-order valence-electron chi connectivity index (χ1n) is 37.8. The van der Waals surface area contributed by atoms with Crippen LogP contribution in [-0.2, 0) is 0 Å². The van der Waals surface area contributed by atoms with Crippen molar-refractivity contribution in [3.05, 3.63) is 425 Å². The Hall–Kier alpha value is -14.6. The molecule has 4 nitrogen and oxygen atoms in total. The molecule has 0 fully saturated rings. The lowest BCUT2D eigenvalue weighted by molar-refractivity contribution is 1.29. The van der Waals surface area contributed by atoms with E-state index in [4.69, 9.17) is 0 Å². The molecule has 0 heterocycles. The van der Waals surface area contributed by atoms with E-state index in [1.54, 1.807) is 0 Å². The highest BCUT2D eigenvalue weighted by Crippen LogP contribution is 2.51. The van der Waals surface area contributed by atoms with Crippen LogP contribution in [0.15, 0.2) is 425 Å². The summed E-state index contributed by atoms with van der Waals surface area (Å²) in [4.78, 5) is 9.74. The van der Waals surface area contributed by atoms with Crippen LogP contribution < -0.4 is 19.6 Å². The molecule has 21 aromatic carbocycles. The molecule has 0 spiro atoms. The average Bonchev–Trinajstić information content (AvgIpc) is 0.719. The van der Waals surface area contributed by atoms with Gasteiger partial charge in [-0.3, -0.25) is 0 Å². The number of rotatable bonds is 14. The maximum atomic E-state index is 2.48. The predicted octanol–water partition coefficient (Wildman–Crippen LogP) is 30.4. The maximum Gasteiger partial charge on any atom is 0.0468 e. The molecule has 0 aromatic heterocycles. The highest BCUT2D eigenvalue weighted by atomic mass is 15.2. The Balaban J connectivity index is 0.838. The predicted molar refractivity (Wildman–Crippen MR) is 471 cm³/mol. The second-order valence-corrected chi connectivity index (χ2v) is 28.9. The van der Waals surface area contributed by atoms with Gasteiger partial charge in [0.2, 0.25) is 0 Å². The monoisotopic (exact) mass is 1400 g/mol. The normalized spacial score (nSPS) is 11.6. The number of nitrogens with zero attached hydrogens (tertiary/aromatic N) is 4. The first-order chi connectivity index (χ1) is 54.5. The summed E-state index contributed by atoms with van der Waals surface area (Å²) in [7, 11) is 0. The van der Waals surface area contributed by atoms with Gasteiger partial charge in [-0.25, -0.2) is 0 Å². The Morgan fingerprint density at radius 2 is 0.264 bits per heavy atom. The third kappa shape index (κ3) is 11.5. The van der Waals surface area contributed by atoms with Gasteiger partial charge in [0.05, 0.1) is 0 Å². The SMILES string of the molecule is c1ccc2cc(N(c3ccc(-c4c5ccc(N(c6ccc7ccccc7c6)c6ccc7ccccc7c6)cc5c(-c5ccc(N(c6ccc7ccccc7c6)c6ccc7ccccc7c6)cc5)c5cc(N(c6ccc7ccccc7c6)c6ccc7ccccc7c6)ccc45)cc3)c3ccc4ccccc4c3)ccc2c1. The van der Waals surface area contributed by atoms with Crippen molar-refractivity contribution in [1.82, 2.24) is 0 Å². The minimum atomic E-state index is 1.03. The van der Waals surface area contributed by atoms with Crippen LogP contribution in [0.2, 0.25) is 0 Å². The number of hydrogen-bond acceptors (Lipinski definition) is 4. The summed E-state index contributed by atoms with van der Waals surface area (Å²) in [6.45, 7) is 0. The molecule has 0 saturated carbocycles. The van der Waals surface area contributed by atoms with Gasteiger partial charge in [-0.2, -0.15) is 0 Å². The van der Waals surface area contributed by atoms with Crippen molar-refractivity contribution in [2.75, 3.05) is 19.6 Å². The molecular formula is C106H70N4. The molecule has 21 aromatic rings. The maximum absolute atomic E-state index is 2.48. The topological polar surface area (TPSA) is 13.0 Å². The zero-order chi connectivity index (χ0) is 72.6. The Morgan fingerprint density at radius 3 is 0.473 bits per heavy atom. The van der Waals surface area contributed by atoms with E-state index in [1.165, 1.54) is 86.2 Å². The number of anilines is 12. The fourth-order valence-electron chi connectivity index (χ4n) is 17.0. The van der Waals surface area contributed by atoms with Gasteiger partial charge in [-0.1, -0.05) is 279 Å². The number of benzene rings is 21. The first-order valence-corrected chi connectivity index (χ1v) is 37.8. The van der Waals surface area contributed by atoms with Crippen LogP contribution in [0.3, 0.4) is 0 Å². The summed E-state index contributed by atoms with van der Waals surface area (Å²) in [6, 6.07) is 158. The molecule has 0 atom stereocenters. The van der Waals surface area contributed by atoms with Crippen molar-refractivity contribution in [3.63, 3.8) is 0 Å². The quantitative estimate of drug-likeness (QED) is 0.101. The van der Waals surface area contributed by atoms with Crippen molar-refractivity contribution in [2.45, 2.75) is 0 Å². The lowest BCUT2D eigenvalue weighted by Crippen LogP contribution is -2.11. The lowest BCUT2D eigenvalue weighted by Gasteiger charge is -2.29. The molecule has 0 aliphatic heterocycles. The molecule has 0 aliphatic rings. The van der Waals surface area contributed by atoms with Crippen LogP contribution in [0.25, 0.3) is 130 Å². The molecule has 0 saturated heterocycles. The van der Waals surface area contributed by atoms with Crippen LogP contribution in [0.5, 0.6) is 0 Å². The third-order valence-electron chi connectivity index (χ3n) is 22.4. The molecule has 0 aliphatic carbocycles. The van der Waals surface area contributed by atoms with Crippen LogP contribution >= 0.6 is 0 Å². The molecule has 0 N–H and O–H groups in total. The molecule has 0 unspecified atom stereocenters. The van der Waals surface area contributed by atoms with E-state index in [9.17, 15) is 0 Å². The standard InChI is InChI=1S/C106H70N4/c1-9-25-81-61-91(49-33-71(81)17-1)107(92-50-34-72-18-2-10-26-82(72)62-92)89-45-41-79(42-46-89)105-101-59-57-99(109(95-53-37-75-21-5-13-29-85(75)65-95)96-54-38-76-22-6-14-30-86(76)66-96)69-103(101)106(80-43-47-90(48-44-80)108(93-51-35-73-19-3-11-27-83(73)63-93)94-52-36-74-20-4-12-28-84(74)64-94)104-70-100(58-60-102(104)105)110(97-55-39-77-23-7-15-31-87(77)67-97)98-56-40-78-24-8-16-32-88(78)68-98/h1-70H. The van der Waals surface area contributed by atoms with Crippen molar-refractivity contribution in [3.8, 4) is 22.3 Å². The van der Waals surface area contributed by atoms with Gasteiger partial charge in [0, 0.05) is 68.2 Å². The van der Waals surface area contributed by atoms with E-state index in [-0.39, 0.29) is 0 Å². The van der Waals surface area contributed by atoms with Gasteiger partial charge in [0.15, 0.2) is 0 Å². The molecule has 0 radical (unpaired) electrons. The van der Waals surface area contributed by atoms with E-state index in [2.05, 4.69) is 444 Å². The Morgan fingerprint density at radius 1 is 0.109 bits per heavy atom. The van der Waals surface area contributed by atoms with Crippen molar-refractivity contribution in [1.29, 1.82) is 0 Å². The van der Waals surface area contributed by atoms with E-state index in [0.29, 0.717) is 0 Å². The van der Waals surface area contributed by atoms with Crippen LogP contribution in [0, 0.1) is 0 Å². The van der Waals surface area contributed by atoms with Gasteiger partial charge in [0.25, 0.3) is 0 Å². The summed E-state index contributed by atoms with van der Waals surface area (Å²) in [5.41, 5.74) is 17.2. The van der Waals surface area contributed by atoms with Crippen LogP contribution in [-0.4, -0.2) is 0 Å². The summed E-state index contributed by atoms with van der Waals surface area (Å²) in [5, 5.41) is 23.5. The van der Waals surface area contributed by atoms with E-state index in [0.717, 1.165) is 112 Å². The highest BCUT2D eigenvalue weighted by molar-refractivity contribution is 6.23. The fourth-order valence-corrected chi connectivity index (χ4v) is 17.0. The van der Waals surface area contributed by atoms with Gasteiger partial charge < -0.3 is 19.6 Å². The molecule has 514 valence electrons. The summed E-state index contributed by atoms with van der Waals surface area (Å²) >= 11 is 0. The van der Waals surface area contributed by atoms with Crippen molar-refractivity contribution in [2.24, 2.45) is 0 Å². The Kier molecular flexibility index (Phi) is 15.5. The highest BCUT2D eigenvalue weighted by Gasteiger charge is 2.26. The van der Waals surface area contributed by atoms with Gasteiger partial charge in [-0.15, -0.1) is 0 Å². The number of hydrogen-bond donors (Lipinski definition) is 0. The largest absolute Gasteiger partial charge is 0.310 e. The zero-order valence-corrected chi connectivity index (χ0v) is 60.2. The van der Waals surface area contributed by atoms with Gasteiger partial charge in [0.1, 0.15) is 0 Å². The Labute approximate surface area is 638 Å². The van der Waals surface area contributed by atoms with Crippen molar-refractivity contribution < 1.29 is 0 Å². The minimum absolute atomic E-state index is 1.03. The second kappa shape index (κ2) is 26.8. The molecule has 21 rings (SSSR count). The second-order valence-electron chi connectivity index (χ2n) is 28.9. The smallest absolute Gasteiger partial charge is 0.0468 e. The van der Waals surface area contributed by atoms with E-state index < -0.39 is 0 Å². The average molecular weight is 1400 g/mol. The lowest BCUT2D eigenvalue weighted by atomic mass is 9.85. The van der Waals surface area contributed by atoms with E-state index >= 15 is 0 Å². The minimum Gasteiger partial charge on any atom is -0.310 e. The van der Waals surface area contributed by atoms with Crippen LogP contribution in [0.1, 0.15) is 0 Å². The van der Waals surface area contributed by atoms with Crippen molar-refractivity contribution >= 4 is 176 Å². The fraction of sp³-hybridized carbons (Fsp3) is 0.